The van der Waals surface area contributed by atoms with E-state index in [1.165, 1.54) is 0 Å². The first-order chi connectivity index (χ1) is 12.5. The van der Waals surface area contributed by atoms with Gasteiger partial charge in [0.1, 0.15) is 5.75 Å². The van der Waals surface area contributed by atoms with Gasteiger partial charge in [-0.05, 0) is 49.4 Å². The Bertz CT molecular complexity index is 667. The molecule has 142 valence electrons. The third kappa shape index (κ3) is 4.14. The van der Waals surface area contributed by atoms with Gasteiger partial charge < -0.3 is 15.0 Å². The average Bonchev–Trinajstić information content (AvgIpc) is 3.06. The number of halogens is 1. The Morgan fingerprint density at radius 3 is 2.62 bits per heavy atom. The first kappa shape index (κ1) is 19.0. The van der Waals surface area contributed by atoms with Crippen LogP contribution >= 0.6 is 11.6 Å². The molecule has 2 amide bonds. The van der Waals surface area contributed by atoms with Gasteiger partial charge in [0.15, 0.2) is 6.10 Å². The van der Waals surface area contributed by atoms with Gasteiger partial charge in [0, 0.05) is 36.5 Å². The van der Waals surface area contributed by atoms with Gasteiger partial charge in [-0.25, -0.2) is 0 Å². The summed E-state index contributed by atoms with van der Waals surface area (Å²) in [5.41, 5.74) is 0.975. The Morgan fingerprint density at radius 1 is 1.27 bits per heavy atom. The molecular formula is C20H27ClN2O3. The van der Waals surface area contributed by atoms with E-state index in [1.54, 1.807) is 6.07 Å². The van der Waals surface area contributed by atoms with Gasteiger partial charge in [0.2, 0.25) is 5.91 Å². The van der Waals surface area contributed by atoms with Gasteiger partial charge in [-0.1, -0.05) is 25.4 Å². The molecule has 5 nitrogen and oxygen atoms in total. The van der Waals surface area contributed by atoms with E-state index in [1.807, 2.05) is 17.0 Å². The van der Waals surface area contributed by atoms with Crippen LogP contribution in [-0.2, 0) is 16.0 Å². The summed E-state index contributed by atoms with van der Waals surface area (Å²) < 4.78 is 5.75. The summed E-state index contributed by atoms with van der Waals surface area (Å²) in [5.74, 6) is 1.03. The molecule has 0 aliphatic carbocycles. The summed E-state index contributed by atoms with van der Waals surface area (Å²) in [6.45, 7) is 5.54. The predicted molar refractivity (Wildman–Crippen MR) is 101 cm³/mol. The molecule has 6 heteroatoms. The third-order valence-electron chi connectivity index (χ3n) is 5.48. The van der Waals surface area contributed by atoms with Crippen molar-refractivity contribution in [1.82, 2.24) is 10.2 Å². The van der Waals surface area contributed by atoms with E-state index in [9.17, 15) is 9.59 Å². The zero-order chi connectivity index (χ0) is 18.7. The van der Waals surface area contributed by atoms with E-state index in [2.05, 4.69) is 19.2 Å². The molecule has 3 rings (SSSR count). The largest absolute Gasteiger partial charge is 0.480 e. The van der Waals surface area contributed by atoms with Crippen molar-refractivity contribution in [3.8, 4) is 5.75 Å². The molecular weight excluding hydrogens is 352 g/mol. The monoisotopic (exact) mass is 378 g/mol. The maximum Gasteiger partial charge on any atom is 0.261 e. The lowest BCUT2D eigenvalue weighted by molar-refractivity contribution is -0.137. The molecule has 2 aliphatic rings. The number of nitrogens with one attached hydrogen (secondary N) is 1. The molecule has 2 heterocycles. The standard InChI is InChI=1S/C20H27ClN2O3/c1-3-13(4-2)20(25)23-9-7-16(8-10-23)22-19(24)18-12-14-11-15(21)5-6-17(14)26-18/h5-6,11,13,16,18H,3-4,7-10,12H2,1-2H3,(H,22,24). The molecule has 26 heavy (non-hydrogen) atoms. The van der Waals surface area contributed by atoms with E-state index in [0.29, 0.717) is 24.5 Å². The average molecular weight is 379 g/mol. The number of carbonyl (C=O) groups excluding carboxylic acids is 2. The second kappa shape index (κ2) is 8.30. The van der Waals surface area contributed by atoms with Crippen molar-refractivity contribution < 1.29 is 14.3 Å². The third-order valence-corrected chi connectivity index (χ3v) is 5.71. The quantitative estimate of drug-likeness (QED) is 0.856. The van der Waals surface area contributed by atoms with Crippen LogP contribution in [0.15, 0.2) is 18.2 Å². The molecule has 0 spiro atoms. The molecule has 1 aromatic carbocycles. The highest BCUT2D eigenvalue weighted by atomic mass is 35.5. The number of likely N-dealkylation sites (tertiary alicyclic amines) is 1. The van der Waals surface area contributed by atoms with Crippen LogP contribution in [0.3, 0.4) is 0 Å². The van der Waals surface area contributed by atoms with Crippen LogP contribution in [0.1, 0.15) is 45.1 Å². The fraction of sp³-hybridized carbons (Fsp3) is 0.600. The minimum Gasteiger partial charge on any atom is -0.480 e. The summed E-state index contributed by atoms with van der Waals surface area (Å²) in [5, 5.41) is 3.75. The fourth-order valence-electron chi connectivity index (χ4n) is 3.80. The smallest absolute Gasteiger partial charge is 0.261 e. The summed E-state index contributed by atoms with van der Waals surface area (Å²) in [7, 11) is 0. The number of amides is 2. The molecule has 1 fully saturated rings. The minimum atomic E-state index is -0.493. The molecule has 0 saturated carbocycles. The number of fused-ring (bicyclic) bond motifs is 1. The molecule has 1 saturated heterocycles. The van der Waals surface area contributed by atoms with Crippen LogP contribution in [-0.4, -0.2) is 41.9 Å². The Balaban J connectivity index is 1.48. The van der Waals surface area contributed by atoms with Crippen LogP contribution in [0.5, 0.6) is 5.75 Å². The molecule has 1 atom stereocenters. The van der Waals surface area contributed by atoms with Crippen LogP contribution in [0, 0.1) is 5.92 Å². The Labute approximate surface area is 160 Å². The van der Waals surface area contributed by atoms with Gasteiger partial charge in [0.05, 0.1) is 0 Å². The second-order valence-electron chi connectivity index (χ2n) is 7.18. The van der Waals surface area contributed by atoms with Crippen LogP contribution < -0.4 is 10.1 Å². The number of rotatable bonds is 5. The van der Waals surface area contributed by atoms with Crippen LogP contribution in [0.4, 0.5) is 0 Å². The molecule has 1 N–H and O–H groups in total. The fourth-order valence-corrected chi connectivity index (χ4v) is 3.99. The molecule has 0 radical (unpaired) electrons. The number of piperidine rings is 1. The normalized spacial score (nSPS) is 20.0. The van der Waals surface area contributed by atoms with E-state index >= 15 is 0 Å². The van der Waals surface area contributed by atoms with Crippen molar-refractivity contribution in [2.75, 3.05) is 13.1 Å². The van der Waals surface area contributed by atoms with Crippen molar-refractivity contribution in [2.45, 2.75) is 58.1 Å². The molecule has 0 bridgehead atoms. The number of hydrogen-bond acceptors (Lipinski definition) is 3. The van der Waals surface area contributed by atoms with E-state index < -0.39 is 6.10 Å². The zero-order valence-corrected chi connectivity index (χ0v) is 16.2. The summed E-state index contributed by atoms with van der Waals surface area (Å²) in [6, 6.07) is 5.54. The molecule has 1 aromatic rings. The number of carbonyl (C=O) groups is 2. The van der Waals surface area contributed by atoms with Crippen LogP contribution in [0.25, 0.3) is 0 Å². The first-order valence-corrected chi connectivity index (χ1v) is 9.93. The summed E-state index contributed by atoms with van der Waals surface area (Å²) in [4.78, 5) is 26.9. The highest BCUT2D eigenvalue weighted by Gasteiger charge is 2.32. The van der Waals surface area contributed by atoms with Crippen molar-refractivity contribution in [2.24, 2.45) is 5.92 Å². The van der Waals surface area contributed by atoms with Gasteiger partial charge in [-0.15, -0.1) is 0 Å². The lowest BCUT2D eigenvalue weighted by atomic mass is 9.98. The summed E-state index contributed by atoms with van der Waals surface area (Å²) >= 11 is 6.00. The van der Waals surface area contributed by atoms with Crippen molar-refractivity contribution in [3.63, 3.8) is 0 Å². The number of benzene rings is 1. The Kier molecular flexibility index (Phi) is 6.07. The predicted octanol–water partition coefficient (Wildman–Crippen LogP) is 3.19. The lowest BCUT2D eigenvalue weighted by Gasteiger charge is -2.34. The minimum absolute atomic E-state index is 0.0814. The highest BCUT2D eigenvalue weighted by molar-refractivity contribution is 6.30. The van der Waals surface area contributed by atoms with Gasteiger partial charge in [-0.3, -0.25) is 9.59 Å². The Hall–Kier alpha value is -1.75. The van der Waals surface area contributed by atoms with Crippen molar-refractivity contribution >= 4 is 23.4 Å². The van der Waals surface area contributed by atoms with Crippen molar-refractivity contribution in [1.29, 1.82) is 0 Å². The maximum atomic E-state index is 12.5. The Morgan fingerprint density at radius 2 is 1.96 bits per heavy atom. The molecule has 1 unspecified atom stereocenters. The van der Waals surface area contributed by atoms with Crippen molar-refractivity contribution in [3.05, 3.63) is 28.8 Å². The van der Waals surface area contributed by atoms with E-state index in [-0.39, 0.29) is 23.8 Å². The van der Waals surface area contributed by atoms with E-state index in [0.717, 1.165) is 37.0 Å². The van der Waals surface area contributed by atoms with Gasteiger partial charge >= 0.3 is 0 Å². The molecule has 2 aliphatic heterocycles. The highest BCUT2D eigenvalue weighted by Crippen LogP contribution is 2.31. The summed E-state index contributed by atoms with van der Waals surface area (Å²) in [6.07, 6.45) is 3.42. The number of hydrogen-bond donors (Lipinski definition) is 1. The zero-order valence-electron chi connectivity index (χ0n) is 15.5. The maximum absolute atomic E-state index is 12.5. The number of nitrogens with zero attached hydrogens (tertiary/aromatic N) is 1. The van der Waals surface area contributed by atoms with E-state index in [4.69, 9.17) is 16.3 Å². The second-order valence-corrected chi connectivity index (χ2v) is 7.62. The number of ether oxygens (including phenoxy) is 1. The van der Waals surface area contributed by atoms with Gasteiger partial charge in [-0.2, -0.15) is 0 Å². The molecule has 0 aromatic heterocycles. The van der Waals surface area contributed by atoms with Crippen LogP contribution in [0.2, 0.25) is 5.02 Å². The first-order valence-electron chi connectivity index (χ1n) is 9.56. The topological polar surface area (TPSA) is 58.6 Å². The SMILES string of the molecule is CCC(CC)C(=O)N1CCC(NC(=O)C2Cc3cc(Cl)ccc3O2)CC1. The van der Waals surface area contributed by atoms with Gasteiger partial charge in [0.25, 0.3) is 5.91 Å². The lowest BCUT2D eigenvalue weighted by Crippen LogP contribution is -2.50.